The van der Waals surface area contributed by atoms with Crippen LogP contribution in [0.25, 0.3) is 0 Å². The number of nitrogens with zero attached hydrogens (tertiary/aromatic N) is 2. The first-order chi connectivity index (χ1) is 13.6. The molecule has 1 spiro atoms. The molecule has 4 rings (SSSR count). The highest BCUT2D eigenvalue weighted by atomic mass is 32.2. The molecule has 0 N–H and O–H groups in total. The van der Waals surface area contributed by atoms with Crippen molar-refractivity contribution in [2.45, 2.75) is 70.5 Å². The van der Waals surface area contributed by atoms with Gasteiger partial charge in [-0.15, -0.1) is 0 Å². The summed E-state index contributed by atoms with van der Waals surface area (Å²) in [6.45, 7) is 8.42. The molecule has 0 bridgehead atoms. The van der Waals surface area contributed by atoms with Gasteiger partial charge < -0.3 is 9.64 Å². The molecule has 168 valence electrons. The van der Waals surface area contributed by atoms with Gasteiger partial charge in [-0.25, -0.2) is 4.79 Å². The first-order valence-corrected chi connectivity index (χ1v) is 11.7. The standard InChI is InChI=1S/C21H30N2O5S.CH4/c1-20(2,3)28-19(24)23-11-6-9-21(15-23)10-12-22-13-16-7-4-5-8-17(16)29(25,26)27-14-18(21)22;/h4-5,7-8,18H,6,9-15H2,1-3H3;1H4. The molecule has 0 aromatic heterocycles. The molecular formula is C22H34N2O5S. The Morgan fingerprint density at radius 1 is 1.20 bits per heavy atom. The van der Waals surface area contributed by atoms with Crippen LogP contribution >= 0.6 is 0 Å². The lowest BCUT2D eigenvalue weighted by atomic mass is 9.74. The maximum atomic E-state index is 12.7. The molecular weight excluding hydrogens is 404 g/mol. The minimum atomic E-state index is -3.78. The Morgan fingerprint density at radius 2 is 1.93 bits per heavy atom. The Balaban J connectivity index is 0.00000256. The quantitative estimate of drug-likeness (QED) is 0.576. The third-order valence-corrected chi connectivity index (χ3v) is 7.68. The number of likely N-dealkylation sites (tertiary alicyclic amines) is 1. The Morgan fingerprint density at radius 3 is 2.67 bits per heavy atom. The highest BCUT2D eigenvalue weighted by Gasteiger charge is 2.51. The number of rotatable bonds is 0. The minimum absolute atomic E-state index is 0. The van der Waals surface area contributed by atoms with Crippen molar-refractivity contribution in [2.24, 2.45) is 5.41 Å². The van der Waals surface area contributed by atoms with E-state index in [4.69, 9.17) is 8.92 Å². The van der Waals surface area contributed by atoms with Crippen molar-refractivity contribution in [1.29, 1.82) is 0 Å². The van der Waals surface area contributed by atoms with Gasteiger partial charge in [-0.3, -0.25) is 9.08 Å². The van der Waals surface area contributed by atoms with Crippen LogP contribution in [0.1, 0.15) is 53.0 Å². The van der Waals surface area contributed by atoms with E-state index in [9.17, 15) is 13.2 Å². The Kier molecular flexibility index (Phi) is 6.24. The first kappa shape index (κ1) is 23.0. The van der Waals surface area contributed by atoms with E-state index in [0.717, 1.165) is 31.4 Å². The lowest BCUT2D eigenvalue weighted by molar-refractivity contribution is -0.0101. The molecule has 2 saturated heterocycles. The monoisotopic (exact) mass is 438 g/mol. The van der Waals surface area contributed by atoms with Crippen molar-refractivity contribution in [3.05, 3.63) is 29.8 Å². The second kappa shape index (κ2) is 8.13. The van der Waals surface area contributed by atoms with Crippen molar-refractivity contribution in [2.75, 3.05) is 26.2 Å². The van der Waals surface area contributed by atoms with Crippen LogP contribution in [0.3, 0.4) is 0 Å². The first-order valence-electron chi connectivity index (χ1n) is 10.3. The van der Waals surface area contributed by atoms with Gasteiger partial charge in [0.2, 0.25) is 0 Å². The van der Waals surface area contributed by atoms with Crippen molar-refractivity contribution < 1.29 is 22.1 Å². The van der Waals surface area contributed by atoms with Crippen LogP contribution in [0.4, 0.5) is 4.79 Å². The van der Waals surface area contributed by atoms with Gasteiger partial charge in [0, 0.05) is 31.1 Å². The van der Waals surface area contributed by atoms with Crippen LogP contribution in [0.5, 0.6) is 0 Å². The summed E-state index contributed by atoms with van der Waals surface area (Å²) in [7, 11) is -3.78. The second-order valence-corrected chi connectivity index (χ2v) is 11.0. The molecule has 0 saturated carbocycles. The average Bonchev–Trinajstić information content (AvgIpc) is 2.94. The number of hydrogen-bond acceptors (Lipinski definition) is 6. The van der Waals surface area contributed by atoms with Crippen LogP contribution in [-0.2, 0) is 25.6 Å². The largest absolute Gasteiger partial charge is 0.444 e. The molecule has 3 aliphatic heterocycles. The molecule has 7 nitrogen and oxygen atoms in total. The molecule has 30 heavy (non-hydrogen) atoms. The molecule has 0 aliphatic carbocycles. The maximum Gasteiger partial charge on any atom is 0.410 e. The number of ether oxygens (including phenoxy) is 1. The second-order valence-electron chi connectivity index (χ2n) is 9.45. The summed E-state index contributed by atoms with van der Waals surface area (Å²) in [6.07, 6.45) is 2.47. The van der Waals surface area contributed by atoms with E-state index in [1.54, 1.807) is 17.0 Å². The van der Waals surface area contributed by atoms with Crippen LogP contribution < -0.4 is 0 Å². The lowest BCUT2D eigenvalue weighted by Crippen LogP contribution is -2.54. The van der Waals surface area contributed by atoms with Gasteiger partial charge in [0.25, 0.3) is 10.1 Å². The van der Waals surface area contributed by atoms with Crippen LogP contribution in [0.15, 0.2) is 29.2 Å². The zero-order valence-electron chi connectivity index (χ0n) is 17.4. The molecule has 8 heteroatoms. The van der Waals surface area contributed by atoms with Crippen LogP contribution in [0.2, 0.25) is 0 Å². The highest BCUT2D eigenvalue weighted by Crippen LogP contribution is 2.46. The van der Waals surface area contributed by atoms with E-state index in [2.05, 4.69) is 4.90 Å². The fourth-order valence-corrected chi connectivity index (χ4v) is 6.11. The molecule has 1 aromatic rings. The molecule has 1 aromatic carbocycles. The smallest absolute Gasteiger partial charge is 0.410 e. The van der Waals surface area contributed by atoms with Gasteiger partial charge in [-0.1, -0.05) is 25.6 Å². The molecule has 0 radical (unpaired) electrons. The predicted octanol–water partition coefficient (Wildman–Crippen LogP) is 3.63. The van der Waals surface area contributed by atoms with Gasteiger partial charge in [0.15, 0.2) is 0 Å². The summed E-state index contributed by atoms with van der Waals surface area (Å²) in [4.78, 5) is 17.0. The zero-order valence-corrected chi connectivity index (χ0v) is 18.2. The van der Waals surface area contributed by atoms with E-state index < -0.39 is 15.7 Å². The summed E-state index contributed by atoms with van der Waals surface area (Å²) < 4.78 is 36.5. The number of benzene rings is 1. The number of fused-ring (bicyclic) bond motifs is 3. The summed E-state index contributed by atoms with van der Waals surface area (Å²) in [5, 5.41) is 0. The average molecular weight is 439 g/mol. The van der Waals surface area contributed by atoms with Crippen molar-refractivity contribution >= 4 is 16.2 Å². The van der Waals surface area contributed by atoms with Gasteiger partial charge in [0.05, 0.1) is 11.5 Å². The molecule has 2 fully saturated rings. The summed E-state index contributed by atoms with van der Waals surface area (Å²) in [5.74, 6) is 0. The summed E-state index contributed by atoms with van der Waals surface area (Å²) in [6, 6.07) is 7.01. The molecule has 3 aliphatic rings. The van der Waals surface area contributed by atoms with Crippen LogP contribution in [0, 0.1) is 5.41 Å². The molecule has 1 amide bonds. The fourth-order valence-electron chi connectivity index (χ4n) is 4.98. The maximum absolute atomic E-state index is 12.7. The topological polar surface area (TPSA) is 76.2 Å². The summed E-state index contributed by atoms with van der Waals surface area (Å²) in [5.41, 5.74) is 0.0654. The zero-order chi connectivity index (χ0) is 20.9. The third kappa shape index (κ3) is 4.36. The Labute approximate surface area is 180 Å². The number of carbonyl (C=O) groups excluding carboxylic acids is 1. The molecule has 3 heterocycles. The summed E-state index contributed by atoms with van der Waals surface area (Å²) >= 11 is 0. The number of piperidine rings is 1. The lowest BCUT2D eigenvalue weighted by Gasteiger charge is -2.45. The van der Waals surface area contributed by atoms with Gasteiger partial charge in [-0.2, -0.15) is 8.42 Å². The van der Waals surface area contributed by atoms with Crippen molar-refractivity contribution in [1.82, 2.24) is 9.80 Å². The Hall–Kier alpha value is -1.64. The van der Waals surface area contributed by atoms with Crippen molar-refractivity contribution in [3.63, 3.8) is 0 Å². The number of amides is 1. The SMILES string of the molecule is C.CC(C)(C)OC(=O)N1CCCC2(CCN3Cc4ccccc4S(=O)(=O)OCC32)C1. The van der Waals surface area contributed by atoms with Crippen molar-refractivity contribution in [3.8, 4) is 0 Å². The molecule has 2 unspecified atom stereocenters. The highest BCUT2D eigenvalue weighted by molar-refractivity contribution is 7.86. The van der Waals surface area contributed by atoms with E-state index in [-0.39, 0.29) is 36.5 Å². The van der Waals surface area contributed by atoms with E-state index >= 15 is 0 Å². The van der Waals surface area contributed by atoms with E-state index in [1.807, 2.05) is 32.9 Å². The minimum Gasteiger partial charge on any atom is -0.444 e. The van der Waals surface area contributed by atoms with Gasteiger partial charge >= 0.3 is 6.09 Å². The van der Waals surface area contributed by atoms with E-state index in [0.29, 0.717) is 19.6 Å². The fraction of sp³-hybridized carbons (Fsp3) is 0.682. The third-order valence-electron chi connectivity index (χ3n) is 6.30. The Bertz CT molecular complexity index is 895. The molecule has 2 atom stereocenters. The van der Waals surface area contributed by atoms with E-state index in [1.165, 1.54) is 0 Å². The normalized spacial score (nSPS) is 28.6. The number of carbonyl (C=O) groups is 1. The predicted molar refractivity (Wildman–Crippen MR) is 115 cm³/mol. The van der Waals surface area contributed by atoms with Gasteiger partial charge in [0.1, 0.15) is 5.60 Å². The van der Waals surface area contributed by atoms with Crippen LogP contribution in [-0.4, -0.2) is 62.2 Å². The number of hydrogen-bond donors (Lipinski definition) is 0. The van der Waals surface area contributed by atoms with Gasteiger partial charge in [-0.05, 0) is 58.2 Å².